The van der Waals surface area contributed by atoms with E-state index in [9.17, 15) is 14.0 Å². The molecule has 0 aliphatic rings. The lowest BCUT2D eigenvalue weighted by molar-refractivity contribution is 0.0949. The molecule has 0 unspecified atom stereocenters. The maximum absolute atomic E-state index is 13.1. The lowest BCUT2D eigenvalue weighted by Crippen LogP contribution is -2.29. The first kappa shape index (κ1) is 14.0. The van der Waals surface area contributed by atoms with Crippen LogP contribution in [0.5, 0.6) is 0 Å². The van der Waals surface area contributed by atoms with Crippen molar-refractivity contribution in [2.45, 2.75) is 20.4 Å². The smallest absolute Gasteiger partial charge is 0.260 e. The maximum atomic E-state index is 13.1. The third-order valence-corrected chi connectivity index (χ3v) is 2.98. The number of aryl methyl sites for hydroxylation is 2. The van der Waals surface area contributed by atoms with E-state index in [2.05, 4.69) is 10.3 Å². The number of pyridine rings is 1. The second-order valence-corrected chi connectivity index (χ2v) is 4.65. The van der Waals surface area contributed by atoms with Crippen LogP contribution in [-0.4, -0.2) is 10.9 Å². The Kier molecular flexibility index (Phi) is 3.98. The van der Waals surface area contributed by atoms with E-state index in [1.54, 1.807) is 32.0 Å². The van der Waals surface area contributed by atoms with Gasteiger partial charge in [0.25, 0.3) is 11.5 Å². The Balaban J connectivity index is 2.08. The van der Waals surface area contributed by atoms with E-state index in [1.165, 1.54) is 12.1 Å². The molecule has 0 aliphatic heterocycles. The van der Waals surface area contributed by atoms with Crippen molar-refractivity contribution >= 4 is 5.91 Å². The van der Waals surface area contributed by atoms with Gasteiger partial charge in [-0.2, -0.15) is 0 Å². The minimum Gasteiger partial charge on any atom is -0.348 e. The van der Waals surface area contributed by atoms with Crippen LogP contribution < -0.4 is 10.9 Å². The molecular weight excluding hydrogens is 259 g/mol. The molecule has 1 heterocycles. The van der Waals surface area contributed by atoms with Crippen LogP contribution in [-0.2, 0) is 6.54 Å². The van der Waals surface area contributed by atoms with Crippen molar-refractivity contribution in [3.8, 4) is 0 Å². The minimum atomic E-state index is -0.451. The van der Waals surface area contributed by atoms with Gasteiger partial charge in [0.15, 0.2) is 0 Å². The normalized spacial score (nSPS) is 10.3. The van der Waals surface area contributed by atoms with Gasteiger partial charge in [-0.25, -0.2) is 4.39 Å². The third-order valence-electron chi connectivity index (χ3n) is 2.98. The first-order valence-corrected chi connectivity index (χ1v) is 6.20. The lowest BCUT2D eigenvalue weighted by atomic mass is 10.1. The van der Waals surface area contributed by atoms with Crippen molar-refractivity contribution in [3.63, 3.8) is 0 Å². The number of hydrogen-bond donors (Lipinski definition) is 2. The Labute approximate surface area is 115 Å². The van der Waals surface area contributed by atoms with E-state index < -0.39 is 11.5 Å². The second-order valence-electron chi connectivity index (χ2n) is 4.65. The van der Waals surface area contributed by atoms with Gasteiger partial charge in [-0.05, 0) is 43.2 Å². The van der Waals surface area contributed by atoms with Crippen LogP contribution in [0.4, 0.5) is 4.39 Å². The molecule has 0 radical (unpaired) electrons. The number of halogens is 1. The molecule has 0 atom stereocenters. The van der Waals surface area contributed by atoms with Crippen LogP contribution in [0.3, 0.4) is 0 Å². The van der Waals surface area contributed by atoms with Crippen LogP contribution in [0.25, 0.3) is 0 Å². The molecular formula is C15H15FN2O2. The zero-order chi connectivity index (χ0) is 14.7. The van der Waals surface area contributed by atoms with Gasteiger partial charge in [-0.3, -0.25) is 9.59 Å². The van der Waals surface area contributed by atoms with Gasteiger partial charge < -0.3 is 10.3 Å². The van der Waals surface area contributed by atoms with Crippen molar-refractivity contribution in [3.05, 3.63) is 68.9 Å². The minimum absolute atomic E-state index is 0.0643. The van der Waals surface area contributed by atoms with E-state index in [0.717, 1.165) is 5.56 Å². The third kappa shape index (κ3) is 3.12. The zero-order valence-corrected chi connectivity index (χ0v) is 11.3. The highest BCUT2D eigenvalue weighted by molar-refractivity contribution is 5.93. The number of hydrogen-bond acceptors (Lipinski definition) is 2. The summed E-state index contributed by atoms with van der Waals surface area (Å²) in [4.78, 5) is 26.1. The summed E-state index contributed by atoms with van der Waals surface area (Å²) in [7, 11) is 0. The SMILES string of the molecule is Cc1ccc(C(=O)NCc2ccc(F)c(C)c2)c(=O)[nH]1. The van der Waals surface area contributed by atoms with Gasteiger partial charge in [0, 0.05) is 12.2 Å². The molecule has 0 bridgehead atoms. The fraction of sp³-hybridized carbons (Fsp3) is 0.200. The molecule has 0 fully saturated rings. The summed E-state index contributed by atoms with van der Waals surface area (Å²) < 4.78 is 13.1. The molecule has 0 spiro atoms. The maximum Gasteiger partial charge on any atom is 0.260 e. The molecule has 104 valence electrons. The van der Waals surface area contributed by atoms with Crippen molar-refractivity contribution in [1.82, 2.24) is 10.3 Å². The molecule has 2 rings (SSSR count). The summed E-state index contributed by atoms with van der Waals surface area (Å²) in [6.45, 7) is 3.64. The number of carbonyl (C=O) groups is 1. The standard InChI is InChI=1S/C15H15FN2O2/c1-9-7-11(4-6-13(9)16)8-17-14(19)12-5-3-10(2)18-15(12)20/h3-7H,8H2,1-2H3,(H,17,19)(H,18,20). The summed E-state index contributed by atoms with van der Waals surface area (Å²) in [6.07, 6.45) is 0. The Morgan fingerprint density at radius 3 is 2.65 bits per heavy atom. The summed E-state index contributed by atoms with van der Waals surface area (Å²) >= 11 is 0. The molecule has 1 aromatic carbocycles. The number of rotatable bonds is 3. The average Bonchev–Trinajstić information content (AvgIpc) is 2.40. The van der Waals surface area contributed by atoms with Gasteiger partial charge >= 0.3 is 0 Å². The molecule has 2 aromatic rings. The molecule has 0 saturated carbocycles. The second kappa shape index (κ2) is 5.69. The van der Waals surface area contributed by atoms with Gasteiger partial charge in [0.05, 0.1) is 0 Å². The van der Waals surface area contributed by atoms with Crippen LogP contribution in [0, 0.1) is 19.7 Å². The van der Waals surface area contributed by atoms with E-state index in [0.29, 0.717) is 11.3 Å². The monoisotopic (exact) mass is 274 g/mol. The zero-order valence-electron chi connectivity index (χ0n) is 11.3. The van der Waals surface area contributed by atoms with Crippen molar-refractivity contribution in [1.29, 1.82) is 0 Å². The highest BCUT2D eigenvalue weighted by Crippen LogP contribution is 2.09. The summed E-state index contributed by atoms with van der Waals surface area (Å²) in [5.41, 5.74) is 1.64. The Morgan fingerprint density at radius 2 is 2.00 bits per heavy atom. The fourth-order valence-electron chi connectivity index (χ4n) is 1.85. The van der Waals surface area contributed by atoms with Crippen LogP contribution in [0.1, 0.15) is 27.2 Å². The number of nitrogens with one attached hydrogen (secondary N) is 2. The fourth-order valence-corrected chi connectivity index (χ4v) is 1.85. The van der Waals surface area contributed by atoms with E-state index >= 15 is 0 Å². The van der Waals surface area contributed by atoms with Gasteiger partial charge in [-0.1, -0.05) is 12.1 Å². The number of carbonyl (C=O) groups excluding carboxylic acids is 1. The molecule has 1 amide bonds. The molecule has 1 aromatic heterocycles. The predicted octanol–water partition coefficient (Wildman–Crippen LogP) is 2.06. The first-order chi connectivity index (χ1) is 9.47. The Bertz CT molecular complexity index is 707. The number of H-pyrrole nitrogens is 1. The van der Waals surface area contributed by atoms with E-state index in [1.807, 2.05) is 0 Å². The van der Waals surface area contributed by atoms with E-state index in [-0.39, 0.29) is 17.9 Å². The Morgan fingerprint density at radius 1 is 1.25 bits per heavy atom. The van der Waals surface area contributed by atoms with Crippen LogP contribution >= 0.6 is 0 Å². The predicted molar refractivity (Wildman–Crippen MR) is 74.1 cm³/mol. The molecule has 0 saturated heterocycles. The first-order valence-electron chi connectivity index (χ1n) is 6.20. The quantitative estimate of drug-likeness (QED) is 0.900. The highest BCUT2D eigenvalue weighted by atomic mass is 19.1. The topological polar surface area (TPSA) is 62.0 Å². The van der Waals surface area contributed by atoms with Gasteiger partial charge in [0.1, 0.15) is 11.4 Å². The summed E-state index contributed by atoms with van der Waals surface area (Å²) in [5, 5.41) is 2.64. The van der Waals surface area contributed by atoms with Gasteiger partial charge in [-0.15, -0.1) is 0 Å². The molecule has 20 heavy (non-hydrogen) atoms. The van der Waals surface area contributed by atoms with E-state index in [4.69, 9.17) is 0 Å². The van der Waals surface area contributed by atoms with Crippen molar-refractivity contribution in [2.24, 2.45) is 0 Å². The highest BCUT2D eigenvalue weighted by Gasteiger charge is 2.10. The number of aromatic amines is 1. The number of amides is 1. The van der Waals surface area contributed by atoms with Gasteiger partial charge in [0.2, 0.25) is 0 Å². The average molecular weight is 274 g/mol. The van der Waals surface area contributed by atoms with Crippen LogP contribution in [0.15, 0.2) is 35.1 Å². The van der Waals surface area contributed by atoms with Crippen molar-refractivity contribution < 1.29 is 9.18 Å². The lowest BCUT2D eigenvalue weighted by Gasteiger charge is -2.06. The molecule has 4 nitrogen and oxygen atoms in total. The molecule has 5 heteroatoms. The number of aromatic nitrogens is 1. The largest absolute Gasteiger partial charge is 0.348 e. The Hall–Kier alpha value is -2.43. The molecule has 2 N–H and O–H groups in total. The van der Waals surface area contributed by atoms with Crippen molar-refractivity contribution in [2.75, 3.05) is 0 Å². The molecule has 0 aliphatic carbocycles. The number of benzene rings is 1. The summed E-state index contributed by atoms with van der Waals surface area (Å²) in [5.74, 6) is -0.733. The summed E-state index contributed by atoms with van der Waals surface area (Å²) in [6, 6.07) is 7.77. The van der Waals surface area contributed by atoms with Crippen LogP contribution in [0.2, 0.25) is 0 Å².